The van der Waals surface area contributed by atoms with E-state index in [-0.39, 0.29) is 30.2 Å². The van der Waals surface area contributed by atoms with Crippen LogP contribution in [0.5, 0.6) is 11.5 Å². The number of ether oxygens (including phenoxy) is 2. The van der Waals surface area contributed by atoms with Gasteiger partial charge in [0.05, 0.1) is 16.6 Å². The van der Waals surface area contributed by atoms with Gasteiger partial charge >= 0.3 is 5.69 Å². The van der Waals surface area contributed by atoms with Crippen LogP contribution in [0.2, 0.25) is 0 Å². The van der Waals surface area contributed by atoms with Crippen molar-refractivity contribution in [2.45, 2.75) is 0 Å². The average Bonchev–Trinajstić information content (AvgIpc) is 2.52. The molecule has 0 fully saturated rings. The third-order valence-corrected chi connectivity index (χ3v) is 2.64. The van der Waals surface area contributed by atoms with Gasteiger partial charge in [0.2, 0.25) is 0 Å². The topological polar surface area (TPSA) is 85.4 Å². The zero-order valence-corrected chi connectivity index (χ0v) is 11.1. The highest BCUT2D eigenvalue weighted by Gasteiger charge is 2.15. The predicted molar refractivity (Wildman–Crippen MR) is 75.2 cm³/mol. The zero-order valence-electron chi connectivity index (χ0n) is 11.1. The van der Waals surface area contributed by atoms with Gasteiger partial charge in [-0.05, 0) is 24.3 Å². The van der Waals surface area contributed by atoms with E-state index < -0.39 is 4.92 Å². The van der Waals surface area contributed by atoms with Crippen molar-refractivity contribution < 1.29 is 14.4 Å². The fourth-order valence-corrected chi connectivity index (χ4v) is 1.68. The third kappa shape index (κ3) is 3.94. The maximum Gasteiger partial charge on any atom is 0.312 e. The van der Waals surface area contributed by atoms with Crippen molar-refractivity contribution in [1.29, 1.82) is 5.26 Å². The lowest BCUT2D eigenvalue weighted by atomic mass is 10.2. The van der Waals surface area contributed by atoms with Gasteiger partial charge in [-0.3, -0.25) is 10.1 Å². The van der Waals surface area contributed by atoms with Gasteiger partial charge < -0.3 is 9.47 Å². The van der Waals surface area contributed by atoms with Gasteiger partial charge in [0.1, 0.15) is 19.0 Å². The summed E-state index contributed by atoms with van der Waals surface area (Å²) < 4.78 is 10.8. The van der Waals surface area contributed by atoms with Crippen molar-refractivity contribution in [1.82, 2.24) is 0 Å². The summed E-state index contributed by atoms with van der Waals surface area (Å²) >= 11 is 0. The summed E-state index contributed by atoms with van der Waals surface area (Å²) in [5.41, 5.74) is -0.0108. The average molecular weight is 284 g/mol. The highest BCUT2D eigenvalue weighted by molar-refractivity contribution is 5.51. The van der Waals surface area contributed by atoms with Crippen molar-refractivity contribution in [3.05, 3.63) is 64.2 Å². The molecule has 0 bridgehead atoms. The number of para-hydroxylation sites is 1. The molecule has 0 aliphatic rings. The van der Waals surface area contributed by atoms with E-state index >= 15 is 0 Å². The summed E-state index contributed by atoms with van der Waals surface area (Å²) in [5, 5.41) is 19.7. The van der Waals surface area contributed by atoms with E-state index in [2.05, 4.69) is 0 Å². The maximum atomic E-state index is 10.9. The Balaban J connectivity index is 1.94. The van der Waals surface area contributed by atoms with Crippen molar-refractivity contribution >= 4 is 5.69 Å². The fraction of sp³-hybridized carbons (Fsp3) is 0.133. The number of nitriles is 1. The van der Waals surface area contributed by atoms with Crippen molar-refractivity contribution in [3.8, 4) is 17.6 Å². The second-order valence-corrected chi connectivity index (χ2v) is 4.06. The van der Waals surface area contributed by atoms with Crippen LogP contribution in [0, 0.1) is 21.4 Å². The maximum absolute atomic E-state index is 10.9. The number of benzene rings is 2. The number of nitro groups is 1. The lowest BCUT2D eigenvalue weighted by molar-refractivity contribution is -0.385. The lowest BCUT2D eigenvalue weighted by Gasteiger charge is -2.08. The fourth-order valence-electron chi connectivity index (χ4n) is 1.68. The first-order valence-corrected chi connectivity index (χ1v) is 6.20. The Morgan fingerprint density at radius 2 is 1.81 bits per heavy atom. The number of nitrogens with zero attached hydrogens (tertiary/aromatic N) is 2. The molecule has 6 heteroatoms. The summed E-state index contributed by atoms with van der Waals surface area (Å²) in [5.74, 6) is 0.825. The van der Waals surface area contributed by atoms with E-state index in [0.717, 1.165) is 0 Å². The first-order valence-electron chi connectivity index (χ1n) is 6.20. The largest absolute Gasteiger partial charge is 0.490 e. The van der Waals surface area contributed by atoms with E-state index in [9.17, 15) is 10.1 Å². The molecule has 0 saturated carbocycles. The van der Waals surface area contributed by atoms with E-state index in [1.165, 1.54) is 18.2 Å². The Hall–Kier alpha value is -3.07. The SMILES string of the molecule is N#Cc1ccc(OCCOc2ccccc2)c([N+](=O)[O-])c1. The van der Waals surface area contributed by atoms with Gasteiger partial charge in [0.25, 0.3) is 0 Å². The van der Waals surface area contributed by atoms with Crippen LogP contribution < -0.4 is 9.47 Å². The normalized spacial score (nSPS) is 9.67. The van der Waals surface area contributed by atoms with Crippen molar-refractivity contribution in [3.63, 3.8) is 0 Å². The minimum atomic E-state index is -0.575. The van der Waals surface area contributed by atoms with Crippen LogP contribution in [0.4, 0.5) is 5.69 Å². The highest BCUT2D eigenvalue weighted by Crippen LogP contribution is 2.27. The van der Waals surface area contributed by atoms with E-state index in [1.54, 1.807) is 0 Å². The Labute approximate surface area is 121 Å². The number of hydrogen-bond donors (Lipinski definition) is 0. The minimum absolute atomic E-state index is 0.121. The molecule has 21 heavy (non-hydrogen) atoms. The summed E-state index contributed by atoms with van der Waals surface area (Å²) in [7, 11) is 0. The number of rotatable bonds is 6. The van der Waals surface area contributed by atoms with Crippen LogP contribution in [-0.2, 0) is 0 Å². The molecule has 0 atom stereocenters. The standard InChI is InChI=1S/C15H12N2O4/c16-11-12-6-7-15(14(10-12)17(18)19)21-9-8-20-13-4-2-1-3-5-13/h1-7,10H,8-9H2. The van der Waals surface area contributed by atoms with Gasteiger partial charge in [-0.1, -0.05) is 18.2 Å². The van der Waals surface area contributed by atoms with Crippen LogP contribution in [0.25, 0.3) is 0 Å². The molecule has 0 aromatic heterocycles. The molecular formula is C15H12N2O4. The van der Waals surface area contributed by atoms with Gasteiger partial charge in [-0.25, -0.2) is 0 Å². The molecule has 0 unspecified atom stereocenters. The second kappa shape index (κ2) is 6.91. The smallest absolute Gasteiger partial charge is 0.312 e. The summed E-state index contributed by atoms with van der Waals surface area (Å²) in [4.78, 5) is 10.4. The quantitative estimate of drug-likeness (QED) is 0.462. The Morgan fingerprint density at radius 3 is 2.48 bits per heavy atom. The first-order chi connectivity index (χ1) is 10.2. The molecule has 2 aromatic carbocycles. The summed E-state index contributed by atoms with van der Waals surface area (Å²) in [6.07, 6.45) is 0. The Morgan fingerprint density at radius 1 is 1.10 bits per heavy atom. The molecule has 2 rings (SSSR count). The first kappa shape index (κ1) is 14.3. The van der Waals surface area contributed by atoms with Gasteiger partial charge in [0.15, 0.2) is 5.75 Å². The molecule has 0 N–H and O–H groups in total. The number of hydrogen-bond acceptors (Lipinski definition) is 5. The van der Waals surface area contributed by atoms with Crippen LogP contribution in [0.3, 0.4) is 0 Å². The van der Waals surface area contributed by atoms with E-state index in [4.69, 9.17) is 14.7 Å². The summed E-state index contributed by atoms with van der Waals surface area (Å²) in [6.45, 7) is 0.433. The molecule has 0 spiro atoms. The van der Waals surface area contributed by atoms with Gasteiger partial charge in [0, 0.05) is 6.07 Å². The second-order valence-electron chi connectivity index (χ2n) is 4.06. The minimum Gasteiger partial charge on any atom is -0.490 e. The summed E-state index contributed by atoms with van der Waals surface area (Å²) in [6, 6.07) is 15.1. The predicted octanol–water partition coefficient (Wildman–Crippen LogP) is 2.92. The van der Waals surface area contributed by atoms with Crippen molar-refractivity contribution in [2.24, 2.45) is 0 Å². The highest BCUT2D eigenvalue weighted by atomic mass is 16.6. The Kier molecular flexibility index (Phi) is 4.72. The molecule has 0 aliphatic heterocycles. The van der Waals surface area contributed by atoms with Crippen LogP contribution in [-0.4, -0.2) is 18.1 Å². The Bertz CT molecular complexity index is 665. The van der Waals surface area contributed by atoms with Crippen LogP contribution in [0.1, 0.15) is 5.56 Å². The van der Waals surface area contributed by atoms with Gasteiger partial charge in [-0.2, -0.15) is 5.26 Å². The zero-order chi connectivity index (χ0) is 15.1. The molecule has 6 nitrogen and oxygen atoms in total. The third-order valence-electron chi connectivity index (χ3n) is 2.64. The van der Waals surface area contributed by atoms with Gasteiger partial charge in [-0.15, -0.1) is 0 Å². The van der Waals surface area contributed by atoms with E-state index in [1.807, 2.05) is 36.4 Å². The number of nitro benzene ring substituents is 1. The van der Waals surface area contributed by atoms with E-state index in [0.29, 0.717) is 5.75 Å². The lowest BCUT2D eigenvalue weighted by Crippen LogP contribution is -2.10. The van der Waals surface area contributed by atoms with Crippen LogP contribution >= 0.6 is 0 Å². The molecule has 0 amide bonds. The molecule has 0 saturated heterocycles. The molecule has 0 radical (unpaired) electrons. The molecule has 0 aliphatic carbocycles. The molecular weight excluding hydrogens is 272 g/mol. The molecule has 0 heterocycles. The monoisotopic (exact) mass is 284 g/mol. The molecule has 106 valence electrons. The van der Waals surface area contributed by atoms with Crippen LogP contribution in [0.15, 0.2) is 48.5 Å². The van der Waals surface area contributed by atoms with Crippen molar-refractivity contribution in [2.75, 3.05) is 13.2 Å². The molecule has 2 aromatic rings.